The molecule has 11 heteroatoms. The summed E-state index contributed by atoms with van der Waals surface area (Å²) >= 11 is 0. The molecule has 0 fully saturated rings. The Balaban J connectivity index is 1.75. The van der Waals surface area contributed by atoms with Gasteiger partial charge in [-0.2, -0.15) is 0 Å². The number of amides is 5. The second-order valence-corrected chi connectivity index (χ2v) is 9.46. The Morgan fingerprint density at radius 2 is 1.50 bits per heavy atom. The van der Waals surface area contributed by atoms with Crippen molar-refractivity contribution in [2.75, 3.05) is 11.9 Å². The molecule has 2 rings (SSSR count). The van der Waals surface area contributed by atoms with Crippen LogP contribution in [0.2, 0.25) is 0 Å². The lowest BCUT2D eigenvalue weighted by Gasteiger charge is -2.24. The first-order chi connectivity index (χ1) is 18.0. The van der Waals surface area contributed by atoms with Gasteiger partial charge in [0.15, 0.2) is 0 Å². The van der Waals surface area contributed by atoms with Crippen molar-refractivity contribution in [3.63, 3.8) is 0 Å². The smallest absolute Gasteiger partial charge is 0.302 e. The van der Waals surface area contributed by atoms with Crippen LogP contribution in [0.25, 0.3) is 0 Å². The third kappa shape index (κ3) is 9.79. The molecule has 0 bridgehead atoms. The second-order valence-electron chi connectivity index (χ2n) is 9.46. The van der Waals surface area contributed by atoms with E-state index in [4.69, 9.17) is 4.74 Å². The quantitative estimate of drug-likeness (QED) is 0.189. The number of nitrogens with zero attached hydrogens (tertiary/aromatic N) is 1. The number of rotatable bonds is 14. The van der Waals surface area contributed by atoms with Crippen LogP contribution in [-0.2, 0) is 40.1 Å². The monoisotopic (exact) mass is 528 g/mol. The average molecular weight is 529 g/mol. The number of nitrogens with one attached hydrogen (secondary N) is 3. The van der Waals surface area contributed by atoms with Crippen molar-refractivity contribution in [1.29, 1.82) is 0 Å². The van der Waals surface area contributed by atoms with E-state index in [-0.39, 0.29) is 42.6 Å². The number of ether oxygens (including phenoxy) is 1. The fourth-order valence-corrected chi connectivity index (χ4v) is 3.65. The highest BCUT2D eigenvalue weighted by molar-refractivity contribution is 6.12. The van der Waals surface area contributed by atoms with Gasteiger partial charge in [0.1, 0.15) is 18.7 Å². The van der Waals surface area contributed by atoms with Gasteiger partial charge >= 0.3 is 5.97 Å². The summed E-state index contributed by atoms with van der Waals surface area (Å²) in [6.45, 7) is 6.91. The molecule has 206 valence electrons. The number of carbonyl (C=O) groups excluding carboxylic acids is 6. The lowest BCUT2D eigenvalue weighted by molar-refractivity contribution is -0.142. The molecule has 11 nitrogen and oxygen atoms in total. The number of carbonyl (C=O) groups is 6. The molecule has 0 saturated heterocycles. The normalized spacial score (nSPS) is 14.3. The summed E-state index contributed by atoms with van der Waals surface area (Å²) in [5.41, 5.74) is 1.29. The molecule has 3 N–H and O–H groups in total. The molecular weight excluding hydrogens is 492 g/mol. The maximum Gasteiger partial charge on any atom is 0.302 e. The van der Waals surface area contributed by atoms with E-state index in [1.807, 2.05) is 0 Å². The summed E-state index contributed by atoms with van der Waals surface area (Å²) < 4.78 is 4.93. The van der Waals surface area contributed by atoms with E-state index in [0.29, 0.717) is 31.5 Å². The van der Waals surface area contributed by atoms with Gasteiger partial charge in [0.2, 0.25) is 17.7 Å². The molecule has 0 aliphatic carbocycles. The fraction of sp³-hybridized carbons (Fsp3) is 0.481. The van der Waals surface area contributed by atoms with Crippen LogP contribution in [0, 0.1) is 5.92 Å². The summed E-state index contributed by atoms with van der Waals surface area (Å²) in [4.78, 5) is 73.0. The van der Waals surface area contributed by atoms with E-state index < -0.39 is 23.9 Å². The predicted octanol–water partition coefficient (Wildman–Crippen LogP) is 1.82. The Labute approximate surface area is 222 Å². The van der Waals surface area contributed by atoms with Gasteiger partial charge in [-0.3, -0.25) is 33.7 Å². The van der Waals surface area contributed by atoms with E-state index in [2.05, 4.69) is 16.0 Å². The highest BCUT2D eigenvalue weighted by atomic mass is 16.5. The molecule has 0 radical (unpaired) electrons. The summed E-state index contributed by atoms with van der Waals surface area (Å²) in [6, 6.07) is 5.10. The highest BCUT2D eigenvalue weighted by Gasteiger charge is 2.27. The SMILES string of the molecule is CC(=O)OCc1ccc(NC(=O)[C@H](C)NC(=O)C(NC(=O)CCCCCN2C(=O)C=CC2=O)C(C)C)cc1. The molecule has 0 saturated carbocycles. The van der Waals surface area contributed by atoms with Crippen molar-refractivity contribution in [3.8, 4) is 0 Å². The zero-order chi connectivity index (χ0) is 28.2. The lowest BCUT2D eigenvalue weighted by Crippen LogP contribution is -2.53. The zero-order valence-electron chi connectivity index (χ0n) is 22.2. The number of anilines is 1. The minimum absolute atomic E-state index is 0.136. The van der Waals surface area contributed by atoms with Gasteiger partial charge in [0, 0.05) is 37.7 Å². The van der Waals surface area contributed by atoms with Gasteiger partial charge in [-0.25, -0.2) is 0 Å². The number of hydrogen-bond donors (Lipinski definition) is 3. The molecule has 0 spiro atoms. The first kappa shape index (κ1) is 30.2. The van der Waals surface area contributed by atoms with Gasteiger partial charge in [-0.05, 0) is 43.4 Å². The molecule has 1 heterocycles. The van der Waals surface area contributed by atoms with Crippen molar-refractivity contribution < 1.29 is 33.5 Å². The molecule has 5 amide bonds. The minimum atomic E-state index is -0.855. The molecule has 1 aromatic rings. The van der Waals surface area contributed by atoms with E-state index in [1.54, 1.807) is 45.0 Å². The summed E-state index contributed by atoms with van der Waals surface area (Å²) in [6.07, 6.45) is 4.45. The van der Waals surface area contributed by atoms with Crippen LogP contribution in [-0.4, -0.2) is 59.0 Å². The first-order valence-electron chi connectivity index (χ1n) is 12.6. The second kappa shape index (κ2) is 14.7. The van der Waals surface area contributed by atoms with Crippen LogP contribution in [0.15, 0.2) is 36.4 Å². The lowest BCUT2D eigenvalue weighted by atomic mass is 10.0. The van der Waals surface area contributed by atoms with E-state index >= 15 is 0 Å². The Morgan fingerprint density at radius 3 is 2.08 bits per heavy atom. The van der Waals surface area contributed by atoms with Crippen LogP contribution in [0.1, 0.15) is 58.9 Å². The van der Waals surface area contributed by atoms with Gasteiger partial charge in [-0.1, -0.05) is 32.4 Å². The van der Waals surface area contributed by atoms with Gasteiger partial charge < -0.3 is 20.7 Å². The fourth-order valence-electron chi connectivity index (χ4n) is 3.65. The first-order valence-corrected chi connectivity index (χ1v) is 12.6. The van der Waals surface area contributed by atoms with Crippen molar-refractivity contribution in [3.05, 3.63) is 42.0 Å². The van der Waals surface area contributed by atoms with E-state index in [9.17, 15) is 28.8 Å². The highest BCUT2D eigenvalue weighted by Crippen LogP contribution is 2.12. The Bertz CT molecular complexity index is 1050. The van der Waals surface area contributed by atoms with Crippen LogP contribution >= 0.6 is 0 Å². The maximum atomic E-state index is 12.8. The van der Waals surface area contributed by atoms with E-state index in [1.165, 1.54) is 19.1 Å². The standard InChI is InChI=1S/C27H36N4O7/c1-17(2)25(30-22(33)8-6-5-7-15-31-23(34)13-14-24(31)35)27(37)28-18(3)26(36)29-21-11-9-20(10-12-21)16-38-19(4)32/h9-14,17-18,25H,5-8,15-16H2,1-4H3,(H,28,37)(H,29,36)(H,30,33)/t18-,25?/m0/s1. The number of unbranched alkanes of at least 4 members (excludes halogenated alkanes) is 2. The van der Waals surface area contributed by atoms with Crippen molar-refractivity contribution in [1.82, 2.24) is 15.5 Å². The van der Waals surface area contributed by atoms with Crippen molar-refractivity contribution in [2.24, 2.45) is 5.92 Å². The largest absolute Gasteiger partial charge is 0.461 e. The van der Waals surface area contributed by atoms with Crippen LogP contribution in [0.3, 0.4) is 0 Å². The summed E-state index contributed by atoms with van der Waals surface area (Å²) in [5, 5.41) is 8.10. The molecule has 1 aliphatic rings. The molecular formula is C27H36N4O7. The van der Waals surface area contributed by atoms with Crippen molar-refractivity contribution >= 4 is 41.2 Å². The predicted molar refractivity (Wildman–Crippen MR) is 139 cm³/mol. The average Bonchev–Trinajstić information content (AvgIpc) is 3.18. The third-order valence-electron chi connectivity index (χ3n) is 5.87. The topological polar surface area (TPSA) is 151 Å². The molecule has 38 heavy (non-hydrogen) atoms. The van der Waals surface area contributed by atoms with Gasteiger partial charge in [-0.15, -0.1) is 0 Å². The Morgan fingerprint density at radius 1 is 0.868 bits per heavy atom. The Hall–Kier alpha value is -4.02. The maximum absolute atomic E-state index is 12.8. The zero-order valence-corrected chi connectivity index (χ0v) is 22.2. The number of benzene rings is 1. The van der Waals surface area contributed by atoms with Crippen LogP contribution < -0.4 is 16.0 Å². The minimum Gasteiger partial charge on any atom is -0.461 e. The third-order valence-corrected chi connectivity index (χ3v) is 5.87. The molecule has 2 atom stereocenters. The Kier molecular flexibility index (Phi) is 11.6. The number of hydrogen-bond acceptors (Lipinski definition) is 7. The number of imide groups is 1. The summed E-state index contributed by atoms with van der Waals surface area (Å²) in [5.74, 6) is -2.42. The van der Waals surface area contributed by atoms with Crippen LogP contribution in [0.4, 0.5) is 5.69 Å². The summed E-state index contributed by atoms with van der Waals surface area (Å²) in [7, 11) is 0. The van der Waals surface area contributed by atoms with Crippen molar-refractivity contribution in [2.45, 2.75) is 72.1 Å². The molecule has 1 aromatic carbocycles. The van der Waals surface area contributed by atoms with E-state index in [0.717, 1.165) is 10.5 Å². The molecule has 1 unspecified atom stereocenters. The molecule has 0 aromatic heterocycles. The van der Waals surface area contributed by atoms with Gasteiger partial charge in [0.25, 0.3) is 11.8 Å². The van der Waals surface area contributed by atoms with Gasteiger partial charge in [0.05, 0.1) is 0 Å². The van der Waals surface area contributed by atoms with Crippen LogP contribution in [0.5, 0.6) is 0 Å². The number of esters is 1. The molecule has 1 aliphatic heterocycles.